The Hall–Kier alpha value is -1.03. The number of aliphatic hydroxyl groups is 2. The standard InChI is InChI=1S/C12H12O2.H2S/c13-12(14)8-6-11(7-9-12)10-4-2-1-3-5-10;/h1-9,11,13-14H;1H2. The smallest absolute Gasteiger partial charge is 0.202 e. The van der Waals surface area contributed by atoms with Crippen molar-refractivity contribution in [2.75, 3.05) is 0 Å². The second-order valence-electron chi connectivity index (χ2n) is 3.44. The Morgan fingerprint density at radius 3 is 2.00 bits per heavy atom. The Morgan fingerprint density at radius 1 is 0.933 bits per heavy atom. The Labute approximate surface area is 96.0 Å². The van der Waals surface area contributed by atoms with Crippen molar-refractivity contribution in [3.63, 3.8) is 0 Å². The summed E-state index contributed by atoms with van der Waals surface area (Å²) in [6, 6.07) is 9.93. The van der Waals surface area contributed by atoms with Crippen LogP contribution in [0.5, 0.6) is 0 Å². The van der Waals surface area contributed by atoms with Crippen molar-refractivity contribution in [2.24, 2.45) is 0 Å². The molecule has 0 atom stereocenters. The zero-order valence-electron chi connectivity index (χ0n) is 8.17. The van der Waals surface area contributed by atoms with Gasteiger partial charge < -0.3 is 10.2 Å². The molecule has 80 valence electrons. The van der Waals surface area contributed by atoms with E-state index in [0.29, 0.717) is 0 Å². The van der Waals surface area contributed by atoms with E-state index in [1.54, 1.807) is 12.2 Å². The van der Waals surface area contributed by atoms with Crippen LogP contribution in [-0.2, 0) is 0 Å². The summed E-state index contributed by atoms with van der Waals surface area (Å²) < 4.78 is 0. The first-order chi connectivity index (χ1) is 6.67. The van der Waals surface area contributed by atoms with Gasteiger partial charge in [0.15, 0.2) is 0 Å². The van der Waals surface area contributed by atoms with E-state index in [-0.39, 0.29) is 19.4 Å². The first-order valence-corrected chi connectivity index (χ1v) is 4.56. The van der Waals surface area contributed by atoms with Crippen LogP contribution in [0.3, 0.4) is 0 Å². The highest BCUT2D eigenvalue weighted by molar-refractivity contribution is 7.59. The third-order valence-corrected chi connectivity index (χ3v) is 2.28. The molecule has 0 fully saturated rings. The number of benzene rings is 1. The van der Waals surface area contributed by atoms with E-state index in [1.165, 1.54) is 12.2 Å². The third-order valence-electron chi connectivity index (χ3n) is 2.28. The maximum Gasteiger partial charge on any atom is 0.202 e. The van der Waals surface area contributed by atoms with Gasteiger partial charge in [0.25, 0.3) is 0 Å². The zero-order chi connectivity index (χ0) is 10.0. The lowest BCUT2D eigenvalue weighted by atomic mass is 9.93. The molecule has 1 aromatic rings. The summed E-state index contributed by atoms with van der Waals surface area (Å²) in [5.74, 6) is -1.63. The fourth-order valence-corrected chi connectivity index (χ4v) is 1.51. The third kappa shape index (κ3) is 2.96. The van der Waals surface area contributed by atoms with E-state index in [4.69, 9.17) is 0 Å². The van der Waals surface area contributed by atoms with Gasteiger partial charge in [-0.25, -0.2) is 0 Å². The fraction of sp³-hybridized carbons (Fsp3) is 0.167. The molecule has 0 saturated heterocycles. The Bertz CT molecular complexity index is 352. The van der Waals surface area contributed by atoms with Gasteiger partial charge in [0.1, 0.15) is 0 Å². The molecule has 0 spiro atoms. The minimum absolute atomic E-state index is 0. The summed E-state index contributed by atoms with van der Waals surface area (Å²) >= 11 is 0. The van der Waals surface area contributed by atoms with E-state index >= 15 is 0 Å². The van der Waals surface area contributed by atoms with Crippen LogP contribution in [0.4, 0.5) is 0 Å². The summed E-state index contributed by atoms with van der Waals surface area (Å²) in [4.78, 5) is 0. The van der Waals surface area contributed by atoms with Crippen LogP contribution in [0.25, 0.3) is 0 Å². The number of hydrogen-bond acceptors (Lipinski definition) is 2. The highest BCUT2D eigenvalue weighted by Crippen LogP contribution is 2.24. The van der Waals surface area contributed by atoms with Crippen LogP contribution >= 0.6 is 13.5 Å². The number of hydrogen-bond donors (Lipinski definition) is 2. The topological polar surface area (TPSA) is 40.5 Å². The molecule has 0 heterocycles. The van der Waals surface area contributed by atoms with Gasteiger partial charge in [-0.2, -0.15) is 13.5 Å². The van der Waals surface area contributed by atoms with Crippen molar-refractivity contribution in [1.29, 1.82) is 0 Å². The highest BCUT2D eigenvalue weighted by Gasteiger charge is 2.19. The van der Waals surface area contributed by atoms with Crippen LogP contribution < -0.4 is 0 Å². The Kier molecular flexibility index (Phi) is 3.74. The van der Waals surface area contributed by atoms with Gasteiger partial charge in [-0.15, -0.1) is 0 Å². The van der Waals surface area contributed by atoms with Gasteiger partial charge >= 0.3 is 0 Å². The first kappa shape index (κ1) is 12.0. The van der Waals surface area contributed by atoms with Crippen LogP contribution in [0.15, 0.2) is 54.6 Å². The second-order valence-corrected chi connectivity index (χ2v) is 3.44. The lowest BCUT2D eigenvalue weighted by Crippen LogP contribution is -2.23. The van der Waals surface area contributed by atoms with Crippen molar-refractivity contribution < 1.29 is 10.2 Å². The van der Waals surface area contributed by atoms with E-state index < -0.39 is 5.79 Å². The van der Waals surface area contributed by atoms with E-state index in [1.807, 2.05) is 30.3 Å². The van der Waals surface area contributed by atoms with E-state index in [9.17, 15) is 10.2 Å². The average Bonchev–Trinajstić information content (AvgIpc) is 2.19. The molecule has 0 saturated carbocycles. The molecular weight excluding hydrogens is 208 g/mol. The van der Waals surface area contributed by atoms with Crippen LogP contribution in [0, 0.1) is 0 Å². The molecule has 0 aliphatic heterocycles. The van der Waals surface area contributed by atoms with Gasteiger partial charge in [0.2, 0.25) is 5.79 Å². The maximum atomic E-state index is 9.22. The first-order valence-electron chi connectivity index (χ1n) is 4.56. The number of allylic oxidation sites excluding steroid dienone is 2. The van der Waals surface area contributed by atoms with Gasteiger partial charge in [0.05, 0.1) is 0 Å². The van der Waals surface area contributed by atoms with Crippen LogP contribution in [0.1, 0.15) is 11.5 Å². The molecule has 0 radical (unpaired) electrons. The van der Waals surface area contributed by atoms with Gasteiger partial charge in [-0.05, 0) is 17.7 Å². The summed E-state index contributed by atoms with van der Waals surface area (Å²) in [6.07, 6.45) is 6.36. The normalized spacial score (nSPS) is 18.5. The average molecular weight is 222 g/mol. The minimum atomic E-state index is -1.77. The summed E-state index contributed by atoms with van der Waals surface area (Å²) in [7, 11) is 0. The second kappa shape index (κ2) is 4.66. The molecule has 1 aromatic carbocycles. The molecule has 3 heteroatoms. The molecule has 0 unspecified atom stereocenters. The minimum Gasteiger partial charge on any atom is -0.359 e. The molecule has 0 bridgehead atoms. The van der Waals surface area contributed by atoms with Crippen LogP contribution in [0.2, 0.25) is 0 Å². The summed E-state index contributed by atoms with van der Waals surface area (Å²) in [5, 5.41) is 18.4. The Morgan fingerprint density at radius 2 is 1.47 bits per heavy atom. The zero-order valence-corrected chi connectivity index (χ0v) is 9.17. The molecule has 0 aromatic heterocycles. The maximum absolute atomic E-state index is 9.22. The summed E-state index contributed by atoms with van der Waals surface area (Å²) in [6.45, 7) is 0. The molecule has 2 N–H and O–H groups in total. The van der Waals surface area contributed by atoms with Crippen molar-refractivity contribution in [3.8, 4) is 0 Å². The lowest BCUT2D eigenvalue weighted by molar-refractivity contribution is -0.0754. The summed E-state index contributed by atoms with van der Waals surface area (Å²) in [5.41, 5.74) is 1.15. The van der Waals surface area contributed by atoms with Gasteiger partial charge in [-0.1, -0.05) is 42.5 Å². The molecule has 2 nitrogen and oxygen atoms in total. The Balaban J connectivity index is 0.00000112. The molecule has 1 aliphatic rings. The molecular formula is C12H14O2S. The van der Waals surface area contributed by atoms with Crippen molar-refractivity contribution in [3.05, 3.63) is 60.2 Å². The SMILES string of the molecule is OC1(O)C=CC(c2ccccc2)C=C1.S. The van der Waals surface area contributed by atoms with E-state index in [0.717, 1.165) is 5.56 Å². The van der Waals surface area contributed by atoms with Crippen molar-refractivity contribution in [2.45, 2.75) is 11.7 Å². The fourth-order valence-electron chi connectivity index (χ4n) is 1.51. The van der Waals surface area contributed by atoms with Crippen LogP contribution in [-0.4, -0.2) is 16.0 Å². The van der Waals surface area contributed by atoms with E-state index in [2.05, 4.69) is 0 Å². The molecule has 1 aliphatic carbocycles. The molecule has 0 amide bonds. The highest BCUT2D eigenvalue weighted by atomic mass is 32.1. The van der Waals surface area contributed by atoms with Gasteiger partial charge in [0, 0.05) is 5.92 Å². The predicted octanol–water partition coefficient (Wildman–Crippen LogP) is 1.69. The van der Waals surface area contributed by atoms with Crippen molar-refractivity contribution >= 4 is 13.5 Å². The van der Waals surface area contributed by atoms with Crippen molar-refractivity contribution in [1.82, 2.24) is 0 Å². The predicted molar refractivity (Wildman–Crippen MR) is 65.0 cm³/mol. The molecule has 2 rings (SSSR count). The lowest BCUT2D eigenvalue weighted by Gasteiger charge is -2.19. The quantitative estimate of drug-likeness (QED) is 0.561. The molecule has 15 heavy (non-hydrogen) atoms. The largest absolute Gasteiger partial charge is 0.359 e. The van der Waals surface area contributed by atoms with Gasteiger partial charge in [-0.3, -0.25) is 0 Å². The monoisotopic (exact) mass is 222 g/mol. The number of rotatable bonds is 1.